The van der Waals surface area contributed by atoms with Gasteiger partial charge in [-0.05, 0) is 55.3 Å². The minimum atomic E-state index is -0.313. The number of hydrogen-bond donors (Lipinski definition) is 1. The van der Waals surface area contributed by atoms with Gasteiger partial charge < -0.3 is 10.1 Å². The largest absolute Gasteiger partial charge is 0.483 e. The first kappa shape index (κ1) is 17.7. The van der Waals surface area contributed by atoms with E-state index in [0.29, 0.717) is 6.54 Å². The summed E-state index contributed by atoms with van der Waals surface area (Å²) in [5, 5.41) is 4.27. The zero-order valence-corrected chi connectivity index (χ0v) is 16.3. The van der Waals surface area contributed by atoms with E-state index in [2.05, 4.69) is 73.8 Å². The molecule has 27 heavy (non-hydrogen) atoms. The average Bonchev–Trinajstić information content (AvgIpc) is 2.66. The van der Waals surface area contributed by atoms with E-state index in [4.69, 9.17) is 16.3 Å². The van der Waals surface area contributed by atoms with Gasteiger partial charge in [-0.2, -0.15) is 0 Å². The van der Waals surface area contributed by atoms with Crippen LogP contribution in [0.1, 0.15) is 25.0 Å². The number of nitrogens with one attached hydrogen (secondary N) is 1. The van der Waals surface area contributed by atoms with E-state index in [1.54, 1.807) is 0 Å². The lowest BCUT2D eigenvalue weighted by molar-refractivity contribution is 0.160. The monoisotopic (exact) mass is 375 g/mol. The van der Waals surface area contributed by atoms with Crippen molar-refractivity contribution in [3.63, 3.8) is 0 Å². The number of fused-ring (bicyclic) bond motifs is 1. The topological polar surface area (TPSA) is 21.3 Å². The van der Waals surface area contributed by atoms with Crippen LogP contribution in [0.25, 0.3) is 17.2 Å². The van der Waals surface area contributed by atoms with Gasteiger partial charge in [0.2, 0.25) is 0 Å². The number of benzene rings is 3. The van der Waals surface area contributed by atoms with Gasteiger partial charge in [0.25, 0.3) is 0 Å². The highest BCUT2D eigenvalue weighted by atomic mass is 35.5. The molecule has 0 spiro atoms. The van der Waals surface area contributed by atoms with Crippen molar-refractivity contribution in [2.75, 3.05) is 5.32 Å². The van der Waals surface area contributed by atoms with Crippen molar-refractivity contribution in [2.45, 2.75) is 26.0 Å². The van der Waals surface area contributed by atoms with E-state index in [-0.39, 0.29) is 5.60 Å². The van der Waals surface area contributed by atoms with Crippen molar-refractivity contribution in [3.05, 3.63) is 89.0 Å². The molecule has 0 amide bonds. The lowest BCUT2D eigenvalue weighted by Crippen LogP contribution is -2.27. The van der Waals surface area contributed by atoms with E-state index in [1.807, 2.05) is 24.3 Å². The molecule has 0 bridgehead atoms. The zero-order chi connectivity index (χ0) is 18.9. The molecule has 0 aromatic heterocycles. The fourth-order valence-electron chi connectivity index (χ4n) is 3.26. The van der Waals surface area contributed by atoms with Gasteiger partial charge in [0.05, 0.1) is 0 Å². The van der Waals surface area contributed by atoms with Crippen molar-refractivity contribution in [2.24, 2.45) is 0 Å². The predicted molar refractivity (Wildman–Crippen MR) is 114 cm³/mol. The number of ether oxygens (including phenoxy) is 1. The molecule has 1 aliphatic rings. The molecule has 1 aliphatic heterocycles. The molecule has 0 aliphatic carbocycles. The summed E-state index contributed by atoms with van der Waals surface area (Å²) < 4.78 is 6.31. The van der Waals surface area contributed by atoms with Crippen LogP contribution in [0.15, 0.2) is 72.8 Å². The van der Waals surface area contributed by atoms with Gasteiger partial charge in [0.1, 0.15) is 11.4 Å². The van der Waals surface area contributed by atoms with Crippen molar-refractivity contribution < 1.29 is 4.74 Å². The van der Waals surface area contributed by atoms with E-state index in [0.717, 1.165) is 38.7 Å². The van der Waals surface area contributed by atoms with Crippen LogP contribution in [0.5, 0.6) is 5.75 Å². The summed E-state index contributed by atoms with van der Waals surface area (Å²) >= 11 is 6.10. The molecule has 0 atom stereocenters. The molecule has 0 radical (unpaired) electrons. The first-order valence-electron chi connectivity index (χ1n) is 9.10. The van der Waals surface area contributed by atoms with E-state index in [9.17, 15) is 0 Å². The van der Waals surface area contributed by atoms with Crippen LogP contribution in [-0.4, -0.2) is 5.60 Å². The second-order valence-electron chi connectivity index (χ2n) is 7.33. The maximum absolute atomic E-state index is 6.31. The van der Waals surface area contributed by atoms with Gasteiger partial charge in [0.15, 0.2) is 0 Å². The Bertz CT molecular complexity index is 993. The SMILES string of the molecule is CC1(C)C=Cc2cc(NCc3cccc(Cl)c3)cc(-c3ccccc3)c2O1. The molecule has 136 valence electrons. The molecule has 0 saturated carbocycles. The molecule has 0 fully saturated rings. The van der Waals surface area contributed by atoms with Crippen molar-refractivity contribution in [1.29, 1.82) is 0 Å². The molecular weight excluding hydrogens is 354 g/mol. The molecule has 4 rings (SSSR count). The van der Waals surface area contributed by atoms with E-state index >= 15 is 0 Å². The van der Waals surface area contributed by atoms with Gasteiger partial charge in [-0.25, -0.2) is 0 Å². The lowest BCUT2D eigenvalue weighted by Gasteiger charge is -2.30. The summed E-state index contributed by atoms with van der Waals surface area (Å²) in [6.45, 7) is 4.86. The number of halogens is 1. The minimum Gasteiger partial charge on any atom is -0.483 e. The third-order valence-electron chi connectivity index (χ3n) is 4.62. The van der Waals surface area contributed by atoms with Crippen LogP contribution >= 0.6 is 11.6 Å². The van der Waals surface area contributed by atoms with E-state index in [1.165, 1.54) is 0 Å². The normalized spacial score (nSPS) is 14.3. The molecule has 1 N–H and O–H groups in total. The van der Waals surface area contributed by atoms with Crippen LogP contribution in [0.2, 0.25) is 5.02 Å². The highest BCUT2D eigenvalue weighted by molar-refractivity contribution is 6.30. The first-order chi connectivity index (χ1) is 13.0. The van der Waals surface area contributed by atoms with E-state index < -0.39 is 0 Å². The van der Waals surface area contributed by atoms with Gasteiger partial charge in [-0.15, -0.1) is 0 Å². The number of anilines is 1. The van der Waals surface area contributed by atoms with Crippen LogP contribution in [0.3, 0.4) is 0 Å². The van der Waals surface area contributed by atoms with Gasteiger partial charge >= 0.3 is 0 Å². The Balaban J connectivity index is 1.71. The minimum absolute atomic E-state index is 0.313. The molecular formula is C24H22ClNO. The highest BCUT2D eigenvalue weighted by Crippen LogP contribution is 2.41. The fourth-order valence-corrected chi connectivity index (χ4v) is 3.47. The van der Waals surface area contributed by atoms with Crippen LogP contribution in [-0.2, 0) is 6.54 Å². The summed E-state index contributed by atoms with van der Waals surface area (Å²) in [5.41, 5.74) is 5.22. The Kier molecular flexibility index (Phi) is 4.67. The Morgan fingerprint density at radius 3 is 2.56 bits per heavy atom. The summed E-state index contributed by atoms with van der Waals surface area (Å²) in [4.78, 5) is 0. The maximum atomic E-state index is 6.31. The molecule has 3 heteroatoms. The average molecular weight is 376 g/mol. The summed E-state index contributed by atoms with van der Waals surface area (Å²) in [6, 6.07) is 22.6. The summed E-state index contributed by atoms with van der Waals surface area (Å²) in [7, 11) is 0. The van der Waals surface area contributed by atoms with Crippen LogP contribution in [0.4, 0.5) is 5.69 Å². The Hall–Kier alpha value is -2.71. The number of hydrogen-bond acceptors (Lipinski definition) is 2. The second-order valence-corrected chi connectivity index (χ2v) is 7.77. The maximum Gasteiger partial charge on any atom is 0.135 e. The standard InChI is InChI=1S/C24H22ClNO/c1-24(2)12-11-19-14-21(26-16-17-7-6-10-20(25)13-17)15-22(23(19)27-24)18-8-4-3-5-9-18/h3-15,26H,16H2,1-2H3. The molecule has 0 saturated heterocycles. The van der Waals surface area contributed by atoms with Gasteiger partial charge in [-0.3, -0.25) is 0 Å². The lowest BCUT2D eigenvalue weighted by atomic mass is 9.95. The smallest absolute Gasteiger partial charge is 0.135 e. The molecule has 0 unspecified atom stereocenters. The van der Waals surface area contributed by atoms with Crippen molar-refractivity contribution in [3.8, 4) is 16.9 Å². The molecule has 2 nitrogen and oxygen atoms in total. The Labute approximate surface area is 165 Å². The highest BCUT2D eigenvalue weighted by Gasteiger charge is 2.25. The van der Waals surface area contributed by atoms with Crippen molar-refractivity contribution >= 4 is 23.4 Å². The summed E-state index contributed by atoms with van der Waals surface area (Å²) in [6.07, 6.45) is 4.25. The second kappa shape index (κ2) is 7.13. The van der Waals surface area contributed by atoms with Crippen LogP contribution < -0.4 is 10.1 Å². The predicted octanol–water partition coefficient (Wildman–Crippen LogP) is 6.80. The molecule has 3 aromatic rings. The Morgan fingerprint density at radius 2 is 1.78 bits per heavy atom. The molecule has 1 heterocycles. The van der Waals surface area contributed by atoms with Crippen molar-refractivity contribution in [1.82, 2.24) is 0 Å². The van der Waals surface area contributed by atoms with Gasteiger partial charge in [-0.1, -0.05) is 60.1 Å². The number of rotatable bonds is 4. The Morgan fingerprint density at radius 1 is 0.963 bits per heavy atom. The third kappa shape index (κ3) is 4.01. The molecule has 3 aromatic carbocycles. The quantitative estimate of drug-likeness (QED) is 0.541. The zero-order valence-electron chi connectivity index (χ0n) is 15.5. The van der Waals surface area contributed by atoms with Crippen LogP contribution in [0, 0.1) is 0 Å². The summed E-state index contributed by atoms with van der Waals surface area (Å²) in [5.74, 6) is 0.932. The third-order valence-corrected chi connectivity index (χ3v) is 4.85. The van der Waals surface area contributed by atoms with Gasteiger partial charge in [0, 0.05) is 28.4 Å². The first-order valence-corrected chi connectivity index (χ1v) is 9.48. The fraction of sp³-hybridized carbons (Fsp3) is 0.167.